The maximum atomic E-state index is 12.3. The molecule has 5 nitrogen and oxygen atoms in total. The zero-order valence-electron chi connectivity index (χ0n) is 15.1. The van der Waals surface area contributed by atoms with Crippen LogP contribution in [0.5, 0.6) is 5.88 Å². The van der Waals surface area contributed by atoms with Gasteiger partial charge < -0.3 is 9.47 Å². The summed E-state index contributed by atoms with van der Waals surface area (Å²) in [6, 6.07) is 7.57. The molecule has 0 radical (unpaired) electrons. The molecule has 134 valence electrons. The van der Waals surface area contributed by atoms with Crippen molar-refractivity contribution in [3.63, 3.8) is 0 Å². The number of carbonyl (C=O) groups excluding carboxylic acids is 1. The van der Waals surface area contributed by atoms with Gasteiger partial charge in [-0.05, 0) is 42.7 Å². The fourth-order valence-electron chi connectivity index (χ4n) is 3.68. The highest BCUT2D eigenvalue weighted by atomic mass is 16.6. The van der Waals surface area contributed by atoms with E-state index in [1.165, 1.54) is 12.7 Å². The van der Waals surface area contributed by atoms with Gasteiger partial charge in [-0.2, -0.15) is 0 Å². The minimum atomic E-state index is -0.326. The van der Waals surface area contributed by atoms with Crippen LogP contribution in [0.25, 0.3) is 10.9 Å². The molecule has 1 aliphatic rings. The normalized spacial score (nSPS) is 23.6. The number of hydrogen-bond acceptors (Lipinski definition) is 5. The van der Waals surface area contributed by atoms with Crippen LogP contribution in [0.15, 0.2) is 30.6 Å². The maximum absolute atomic E-state index is 12.3. The fourth-order valence-corrected chi connectivity index (χ4v) is 3.68. The Kier molecular flexibility index (Phi) is 5.51. The van der Waals surface area contributed by atoms with Crippen molar-refractivity contribution in [2.45, 2.75) is 46.1 Å². The van der Waals surface area contributed by atoms with Crippen LogP contribution < -0.4 is 4.74 Å². The Labute approximate surface area is 148 Å². The zero-order chi connectivity index (χ0) is 17.8. The molecule has 0 unspecified atom stereocenters. The number of fused-ring (bicyclic) bond motifs is 1. The van der Waals surface area contributed by atoms with Gasteiger partial charge in [0.15, 0.2) is 6.61 Å². The van der Waals surface area contributed by atoms with E-state index in [-0.39, 0.29) is 18.7 Å². The molecule has 1 fully saturated rings. The number of benzene rings is 1. The van der Waals surface area contributed by atoms with Gasteiger partial charge in [0.05, 0.1) is 10.9 Å². The molecule has 3 rings (SSSR count). The van der Waals surface area contributed by atoms with Gasteiger partial charge >= 0.3 is 5.97 Å². The number of nitrogens with zero attached hydrogens (tertiary/aromatic N) is 2. The standard InChI is InChI=1S/C20H26N2O3/c1-13(2)15-9-8-14(3)10-18(15)25-19(23)11-24-20-16-6-4-5-7-17(16)21-12-22-20/h4-7,12-15,18H,8-11H2,1-3H3/t14-,15+,18+/m1/s1. The molecule has 0 spiro atoms. The summed E-state index contributed by atoms with van der Waals surface area (Å²) in [4.78, 5) is 20.6. The Morgan fingerprint density at radius 2 is 2.04 bits per heavy atom. The summed E-state index contributed by atoms with van der Waals surface area (Å²) in [6.07, 6.45) is 4.70. The Balaban J connectivity index is 1.62. The lowest BCUT2D eigenvalue weighted by Crippen LogP contribution is -2.37. The topological polar surface area (TPSA) is 61.3 Å². The van der Waals surface area contributed by atoms with Gasteiger partial charge in [-0.3, -0.25) is 0 Å². The van der Waals surface area contributed by atoms with Gasteiger partial charge in [0.25, 0.3) is 0 Å². The lowest BCUT2D eigenvalue weighted by atomic mass is 9.75. The number of esters is 1. The minimum absolute atomic E-state index is 0.0120. The summed E-state index contributed by atoms with van der Waals surface area (Å²) < 4.78 is 11.4. The predicted octanol–water partition coefficient (Wildman–Crippen LogP) is 4.01. The molecule has 2 aromatic rings. The largest absolute Gasteiger partial charge is 0.465 e. The highest BCUT2D eigenvalue weighted by Gasteiger charge is 2.33. The van der Waals surface area contributed by atoms with Gasteiger partial charge in [0, 0.05) is 0 Å². The van der Waals surface area contributed by atoms with E-state index in [2.05, 4.69) is 30.7 Å². The Morgan fingerprint density at radius 3 is 2.84 bits per heavy atom. The molecular weight excluding hydrogens is 316 g/mol. The van der Waals surface area contributed by atoms with Crippen molar-refractivity contribution in [1.29, 1.82) is 0 Å². The van der Waals surface area contributed by atoms with E-state index in [0.29, 0.717) is 23.6 Å². The first-order valence-corrected chi connectivity index (χ1v) is 9.06. The summed E-state index contributed by atoms with van der Waals surface area (Å²) in [5.74, 6) is 1.63. The van der Waals surface area contributed by atoms with Crippen LogP contribution in [0.1, 0.15) is 40.0 Å². The molecule has 0 saturated heterocycles. The van der Waals surface area contributed by atoms with Gasteiger partial charge in [-0.1, -0.05) is 39.3 Å². The van der Waals surface area contributed by atoms with Crippen LogP contribution >= 0.6 is 0 Å². The van der Waals surface area contributed by atoms with Crippen LogP contribution in [-0.2, 0) is 9.53 Å². The summed E-state index contributed by atoms with van der Waals surface area (Å²) >= 11 is 0. The fraction of sp³-hybridized carbons (Fsp3) is 0.550. The van der Waals surface area contributed by atoms with E-state index in [9.17, 15) is 4.79 Å². The molecule has 0 N–H and O–H groups in total. The van der Waals surface area contributed by atoms with Crippen molar-refractivity contribution < 1.29 is 14.3 Å². The van der Waals surface area contributed by atoms with E-state index in [1.54, 1.807) is 0 Å². The summed E-state index contributed by atoms with van der Waals surface area (Å²) in [7, 11) is 0. The van der Waals surface area contributed by atoms with E-state index in [0.717, 1.165) is 23.7 Å². The van der Waals surface area contributed by atoms with Gasteiger partial charge in [0.2, 0.25) is 5.88 Å². The van der Waals surface area contributed by atoms with Crippen molar-refractivity contribution in [1.82, 2.24) is 9.97 Å². The third-order valence-electron chi connectivity index (χ3n) is 5.08. The highest BCUT2D eigenvalue weighted by molar-refractivity contribution is 5.83. The molecule has 3 atom stereocenters. The summed E-state index contributed by atoms with van der Waals surface area (Å²) in [6.45, 7) is 6.49. The third-order valence-corrected chi connectivity index (χ3v) is 5.08. The highest BCUT2D eigenvalue weighted by Crippen LogP contribution is 2.35. The quantitative estimate of drug-likeness (QED) is 0.768. The zero-order valence-corrected chi connectivity index (χ0v) is 15.1. The van der Waals surface area contributed by atoms with Crippen molar-refractivity contribution in [2.24, 2.45) is 17.8 Å². The number of para-hydroxylation sites is 1. The maximum Gasteiger partial charge on any atom is 0.344 e. The van der Waals surface area contributed by atoms with Gasteiger partial charge in [-0.25, -0.2) is 14.8 Å². The molecule has 25 heavy (non-hydrogen) atoms. The first-order valence-electron chi connectivity index (χ1n) is 9.06. The van der Waals surface area contributed by atoms with E-state index >= 15 is 0 Å². The van der Waals surface area contributed by atoms with Crippen molar-refractivity contribution in [3.8, 4) is 5.88 Å². The van der Waals surface area contributed by atoms with Crippen molar-refractivity contribution in [2.75, 3.05) is 6.61 Å². The van der Waals surface area contributed by atoms with Crippen LogP contribution in [0.4, 0.5) is 0 Å². The van der Waals surface area contributed by atoms with Crippen LogP contribution in [0.3, 0.4) is 0 Å². The molecule has 5 heteroatoms. The van der Waals surface area contributed by atoms with Crippen LogP contribution in [-0.4, -0.2) is 28.6 Å². The first kappa shape index (κ1) is 17.6. The van der Waals surface area contributed by atoms with Gasteiger partial charge in [0.1, 0.15) is 12.4 Å². The van der Waals surface area contributed by atoms with Crippen LogP contribution in [0, 0.1) is 17.8 Å². The van der Waals surface area contributed by atoms with E-state index in [1.807, 2.05) is 24.3 Å². The monoisotopic (exact) mass is 342 g/mol. The average Bonchev–Trinajstić information content (AvgIpc) is 2.59. The first-order chi connectivity index (χ1) is 12.0. The summed E-state index contributed by atoms with van der Waals surface area (Å²) in [5.41, 5.74) is 0.793. The average molecular weight is 342 g/mol. The number of ether oxygens (including phenoxy) is 2. The molecule has 1 saturated carbocycles. The van der Waals surface area contributed by atoms with E-state index in [4.69, 9.17) is 9.47 Å². The third kappa shape index (κ3) is 4.27. The second kappa shape index (κ2) is 7.81. The van der Waals surface area contributed by atoms with Crippen molar-refractivity contribution in [3.05, 3.63) is 30.6 Å². The molecule has 0 aliphatic heterocycles. The molecule has 0 amide bonds. The number of aromatic nitrogens is 2. The lowest BCUT2D eigenvalue weighted by molar-refractivity contribution is -0.158. The Morgan fingerprint density at radius 1 is 1.24 bits per heavy atom. The smallest absolute Gasteiger partial charge is 0.344 e. The molecule has 1 aromatic heterocycles. The molecule has 1 aromatic carbocycles. The molecule has 1 heterocycles. The molecule has 0 bridgehead atoms. The summed E-state index contributed by atoms with van der Waals surface area (Å²) in [5, 5.41) is 0.796. The Hall–Kier alpha value is -2.17. The number of carbonyl (C=O) groups is 1. The lowest BCUT2D eigenvalue weighted by Gasteiger charge is -2.36. The molecular formula is C20H26N2O3. The van der Waals surface area contributed by atoms with Gasteiger partial charge in [-0.15, -0.1) is 0 Å². The predicted molar refractivity (Wildman–Crippen MR) is 96.3 cm³/mol. The number of hydrogen-bond donors (Lipinski definition) is 0. The second-order valence-electron chi connectivity index (χ2n) is 7.34. The van der Waals surface area contributed by atoms with Crippen LogP contribution in [0.2, 0.25) is 0 Å². The molecule has 1 aliphatic carbocycles. The SMILES string of the molecule is CC(C)[C@@H]1CC[C@@H](C)C[C@@H]1OC(=O)COc1ncnc2ccccc12. The van der Waals surface area contributed by atoms with E-state index < -0.39 is 0 Å². The van der Waals surface area contributed by atoms with Crippen molar-refractivity contribution >= 4 is 16.9 Å². The second-order valence-corrected chi connectivity index (χ2v) is 7.34. The number of rotatable bonds is 5. The Bertz CT molecular complexity index is 726. The minimum Gasteiger partial charge on any atom is -0.465 e.